The molecule has 0 fully saturated rings. The maximum absolute atomic E-state index is 11.9. The van der Waals surface area contributed by atoms with Crippen LogP contribution in [0.25, 0.3) is 10.9 Å². The Balaban J connectivity index is 2.02. The molecule has 2 rings (SSSR count). The Hall–Kier alpha value is -2.14. The summed E-state index contributed by atoms with van der Waals surface area (Å²) in [7, 11) is 1.78. The van der Waals surface area contributed by atoms with Crippen LogP contribution in [0.5, 0.6) is 0 Å². The number of carbonyl (C=O) groups excluding carboxylic acids is 1. The average molecular weight is 287 g/mol. The fourth-order valence-corrected chi connectivity index (χ4v) is 2.07. The second-order valence-electron chi connectivity index (χ2n) is 5.07. The molecule has 1 aromatic heterocycles. The third kappa shape index (κ3) is 4.16. The van der Waals surface area contributed by atoms with Crippen molar-refractivity contribution in [1.29, 1.82) is 0 Å². The number of nitrogen functional groups attached to an aromatic ring is 1. The molecule has 0 saturated carbocycles. The van der Waals surface area contributed by atoms with Crippen molar-refractivity contribution in [3.63, 3.8) is 0 Å². The largest absolute Gasteiger partial charge is 0.384 e. The number of aromatic nitrogens is 1. The molecule has 1 aromatic carbocycles. The van der Waals surface area contributed by atoms with Crippen LogP contribution in [0, 0.1) is 0 Å². The summed E-state index contributed by atoms with van der Waals surface area (Å²) in [5.74, 6) is 0.495. The first-order valence-corrected chi connectivity index (χ1v) is 7.07. The van der Waals surface area contributed by atoms with E-state index < -0.39 is 0 Å². The van der Waals surface area contributed by atoms with E-state index in [1.807, 2.05) is 31.2 Å². The van der Waals surface area contributed by atoms with Crippen LogP contribution in [-0.4, -0.2) is 36.1 Å². The van der Waals surface area contributed by atoms with Crippen LogP contribution in [0.15, 0.2) is 30.3 Å². The number of amides is 1. The zero-order valence-electron chi connectivity index (χ0n) is 12.5. The molecule has 0 radical (unpaired) electrons. The lowest BCUT2D eigenvalue weighted by atomic mass is 10.1. The van der Waals surface area contributed by atoms with Gasteiger partial charge in [-0.25, -0.2) is 4.98 Å². The molecule has 5 nitrogen and oxygen atoms in total. The van der Waals surface area contributed by atoms with Crippen molar-refractivity contribution in [2.24, 2.45) is 0 Å². The van der Waals surface area contributed by atoms with E-state index in [4.69, 9.17) is 10.5 Å². The van der Waals surface area contributed by atoms with Gasteiger partial charge < -0.3 is 15.4 Å². The van der Waals surface area contributed by atoms with E-state index in [9.17, 15) is 4.79 Å². The molecule has 0 aliphatic rings. The van der Waals surface area contributed by atoms with Gasteiger partial charge in [0.05, 0.1) is 5.52 Å². The third-order valence-electron chi connectivity index (χ3n) is 3.19. The molecule has 112 valence electrons. The summed E-state index contributed by atoms with van der Waals surface area (Å²) in [6.45, 7) is 3.32. The van der Waals surface area contributed by atoms with E-state index >= 15 is 0 Å². The third-order valence-corrected chi connectivity index (χ3v) is 3.19. The number of rotatable bonds is 6. The summed E-state index contributed by atoms with van der Waals surface area (Å²) in [5, 5.41) is 1.02. The molecule has 0 aliphatic heterocycles. The van der Waals surface area contributed by atoms with Crippen LogP contribution in [0.3, 0.4) is 0 Å². The molecule has 0 saturated heterocycles. The van der Waals surface area contributed by atoms with Crippen molar-refractivity contribution in [2.45, 2.75) is 19.9 Å². The van der Waals surface area contributed by atoms with Gasteiger partial charge in [0.2, 0.25) is 5.91 Å². The van der Waals surface area contributed by atoms with Gasteiger partial charge in [0, 0.05) is 25.6 Å². The molecule has 0 unspecified atom stereocenters. The lowest BCUT2D eigenvalue weighted by molar-refractivity contribution is -0.135. The van der Waals surface area contributed by atoms with Gasteiger partial charge >= 0.3 is 0 Å². The molecule has 21 heavy (non-hydrogen) atoms. The molecular weight excluding hydrogens is 266 g/mol. The van der Waals surface area contributed by atoms with Crippen LogP contribution in [0.1, 0.15) is 18.9 Å². The number of hydrogen-bond acceptors (Lipinski definition) is 4. The van der Waals surface area contributed by atoms with Gasteiger partial charge in [0.25, 0.3) is 0 Å². The SMILES string of the molecule is CCCOCC(=O)N(C)Cc1ccc2nc(N)ccc2c1. The highest BCUT2D eigenvalue weighted by atomic mass is 16.5. The molecule has 0 aliphatic carbocycles. The fourth-order valence-electron chi connectivity index (χ4n) is 2.07. The molecule has 5 heteroatoms. The number of pyridine rings is 1. The molecule has 0 atom stereocenters. The quantitative estimate of drug-likeness (QED) is 0.827. The summed E-state index contributed by atoms with van der Waals surface area (Å²) >= 11 is 0. The zero-order valence-corrected chi connectivity index (χ0v) is 12.5. The molecule has 2 N–H and O–H groups in total. The van der Waals surface area contributed by atoms with Crippen molar-refractivity contribution < 1.29 is 9.53 Å². The Kier molecular flexibility index (Phi) is 5.11. The fraction of sp³-hybridized carbons (Fsp3) is 0.375. The molecule has 2 aromatic rings. The minimum atomic E-state index is -0.0148. The number of hydrogen-bond donors (Lipinski definition) is 1. The summed E-state index contributed by atoms with van der Waals surface area (Å²) in [4.78, 5) is 17.8. The lowest BCUT2D eigenvalue weighted by Gasteiger charge is -2.17. The normalized spacial score (nSPS) is 10.8. The number of ether oxygens (including phenoxy) is 1. The maximum atomic E-state index is 11.9. The number of anilines is 1. The predicted molar refractivity (Wildman–Crippen MR) is 83.7 cm³/mol. The Morgan fingerprint density at radius 2 is 2.14 bits per heavy atom. The van der Waals surface area contributed by atoms with E-state index in [-0.39, 0.29) is 12.5 Å². The second-order valence-corrected chi connectivity index (χ2v) is 5.07. The first-order valence-electron chi connectivity index (χ1n) is 7.07. The van der Waals surface area contributed by atoms with Gasteiger partial charge in [-0.05, 0) is 36.2 Å². The van der Waals surface area contributed by atoms with E-state index in [1.165, 1.54) is 0 Å². The lowest BCUT2D eigenvalue weighted by Crippen LogP contribution is -2.29. The van der Waals surface area contributed by atoms with E-state index in [1.54, 1.807) is 18.0 Å². The van der Waals surface area contributed by atoms with Crippen molar-refractivity contribution in [1.82, 2.24) is 9.88 Å². The summed E-state index contributed by atoms with van der Waals surface area (Å²) in [6.07, 6.45) is 0.914. The molecule has 1 heterocycles. The van der Waals surface area contributed by atoms with E-state index in [0.29, 0.717) is 19.0 Å². The topological polar surface area (TPSA) is 68.5 Å². The Morgan fingerprint density at radius 1 is 1.33 bits per heavy atom. The smallest absolute Gasteiger partial charge is 0.248 e. The van der Waals surface area contributed by atoms with Crippen LogP contribution in [0.2, 0.25) is 0 Å². The molecule has 0 bridgehead atoms. The first-order chi connectivity index (χ1) is 10.1. The van der Waals surface area contributed by atoms with Gasteiger partial charge in [0.1, 0.15) is 12.4 Å². The van der Waals surface area contributed by atoms with Gasteiger partial charge in [-0.2, -0.15) is 0 Å². The van der Waals surface area contributed by atoms with Crippen LogP contribution in [0.4, 0.5) is 5.82 Å². The van der Waals surface area contributed by atoms with Crippen molar-refractivity contribution in [2.75, 3.05) is 26.0 Å². The van der Waals surface area contributed by atoms with E-state index in [0.717, 1.165) is 22.9 Å². The number of carbonyl (C=O) groups is 1. The summed E-state index contributed by atoms with van der Waals surface area (Å²) < 4.78 is 5.27. The van der Waals surface area contributed by atoms with Crippen molar-refractivity contribution >= 4 is 22.6 Å². The Morgan fingerprint density at radius 3 is 2.90 bits per heavy atom. The number of nitrogens with zero attached hydrogens (tertiary/aromatic N) is 2. The van der Waals surface area contributed by atoms with Crippen LogP contribution in [-0.2, 0) is 16.1 Å². The molecule has 1 amide bonds. The Labute approximate surface area is 124 Å². The molecular formula is C16H21N3O2. The summed E-state index contributed by atoms with van der Waals surface area (Å²) in [6, 6.07) is 9.63. The second kappa shape index (κ2) is 7.04. The summed E-state index contributed by atoms with van der Waals surface area (Å²) in [5.41, 5.74) is 7.58. The van der Waals surface area contributed by atoms with Gasteiger partial charge in [0.15, 0.2) is 0 Å². The van der Waals surface area contributed by atoms with Crippen LogP contribution < -0.4 is 5.73 Å². The predicted octanol–water partition coefficient (Wildman–Crippen LogP) is 2.20. The monoisotopic (exact) mass is 287 g/mol. The van der Waals surface area contributed by atoms with Crippen molar-refractivity contribution in [3.05, 3.63) is 35.9 Å². The highest BCUT2D eigenvalue weighted by Crippen LogP contribution is 2.16. The maximum Gasteiger partial charge on any atom is 0.248 e. The highest BCUT2D eigenvalue weighted by molar-refractivity contribution is 5.81. The highest BCUT2D eigenvalue weighted by Gasteiger charge is 2.09. The number of fused-ring (bicyclic) bond motifs is 1. The zero-order chi connectivity index (χ0) is 15.2. The number of nitrogens with two attached hydrogens (primary N) is 1. The van der Waals surface area contributed by atoms with Gasteiger partial charge in [-0.3, -0.25) is 4.79 Å². The average Bonchev–Trinajstić information content (AvgIpc) is 2.47. The number of benzene rings is 1. The van der Waals surface area contributed by atoms with Crippen molar-refractivity contribution in [3.8, 4) is 0 Å². The number of likely N-dealkylation sites (N-methyl/N-ethyl adjacent to an activating group) is 1. The minimum absolute atomic E-state index is 0.0148. The van der Waals surface area contributed by atoms with Gasteiger partial charge in [-0.1, -0.05) is 13.0 Å². The first kappa shape index (κ1) is 15.3. The molecule has 0 spiro atoms. The van der Waals surface area contributed by atoms with E-state index in [2.05, 4.69) is 4.98 Å². The standard InChI is InChI=1S/C16H21N3O2/c1-3-8-21-11-16(20)19(2)10-12-4-6-14-13(9-12)5-7-15(17)18-14/h4-7,9H,3,8,10-11H2,1-2H3,(H2,17,18). The van der Waals surface area contributed by atoms with Crippen LogP contribution >= 0.6 is 0 Å². The Bertz CT molecular complexity index is 628. The minimum Gasteiger partial charge on any atom is -0.384 e. The van der Waals surface area contributed by atoms with Gasteiger partial charge in [-0.15, -0.1) is 0 Å².